The number of nitrogens with two attached hydrogens (primary N) is 2. The highest BCUT2D eigenvalue weighted by atomic mass is 14.6. The number of hydrogen-bond acceptors (Lipinski definition) is 3. The smallest absolute Gasteiger partial charge is 0.101 e. The quantitative estimate of drug-likeness (QED) is 0.625. The van der Waals surface area contributed by atoms with Crippen molar-refractivity contribution in [1.82, 2.24) is 0 Å². The van der Waals surface area contributed by atoms with Crippen LogP contribution in [0.15, 0.2) is 18.2 Å². The van der Waals surface area contributed by atoms with Crippen LogP contribution in [0, 0.1) is 11.3 Å². The number of para-hydroxylation sites is 1. The summed E-state index contributed by atoms with van der Waals surface area (Å²) in [4.78, 5) is 0. The Morgan fingerprint density at radius 3 is 2.75 bits per heavy atom. The largest absolute Gasteiger partial charge is 0.397 e. The number of nitriles is 1. The molecule has 0 aliphatic rings. The molecular formula is C9H11N3. The van der Waals surface area contributed by atoms with E-state index in [9.17, 15) is 0 Å². The van der Waals surface area contributed by atoms with Gasteiger partial charge in [0.2, 0.25) is 0 Å². The van der Waals surface area contributed by atoms with Crippen molar-refractivity contribution in [2.75, 3.05) is 12.3 Å². The molecule has 1 rings (SSSR count). The number of benzene rings is 1. The Labute approximate surface area is 71.6 Å². The summed E-state index contributed by atoms with van der Waals surface area (Å²) < 4.78 is 0. The van der Waals surface area contributed by atoms with E-state index in [1.165, 1.54) is 0 Å². The SMILES string of the molecule is N#Cc1cccc(CCN)c1N. The van der Waals surface area contributed by atoms with Gasteiger partial charge in [0.25, 0.3) is 0 Å². The zero-order chi connectivity index (χ0) is 8.97. The maximum atomic E-state index is 8.65. The molecular weight excluding hydrogens is 150 g/mol. The van der Waals surface area contributed by atoms with E-state index in [-0.39, 0.29) is 0 Å². The summed E-state index contributed by atoms with van der Waals surface area (Å²) >= 11 is 0. The van der Waals surface area contributed by atoms with Crippen molar-refractivity contribution in [2.45, 2.75) is 6.42 Å². The number of nitrogen functional groups attached to an aromatic ring is 1. The third kappa shape index (κ3) is 1.55. The van der Waals surface area contributed by atoms with Crippen LogP contribution in [0.25, 0.3) is 0 Å². The van der Waals surface area contributed by atoms with Gasteiger partial charge in [0.05, 0.1) is 11.3 Å². The molecule has 0 bridgehead atoms. The van der Waals surface area contributed by atoms with Crippen LogP contribution in [-0.2, 0) is 6.42 Å². The minimum absolute atomic E-state index is 0.529. The minimum Gasteiger partial charge on any atom is -0.397 e. The second-order valence-corrected chi connectivity index (χ2v) is 2.53. The molecule has 62 valence electrons. The first-order valence-corrected chi connectivity index (χ1v) is 3.77. The monoisotopic (exact) mass is 161 g/mol. The number of nitrogens with zero attached hydrogens (tertiary/aromatic N) is 1. The van der Waals surface area contributed by atoms with Crippen LogP contribution in [0.5, 0.6) is 0 Å². The average Bonchev–Trinajstić information content (AvgIpc) is 2.09. The third-order valence-corrected chi connectivity index (χ3v) is 1.73. The van der Waals surface area contributed by atoms with Crippen LogP contribution >= 0.6 is 0 Å². The molecule has 1 aromatic rings. The fourth-order valence-corrected chi connectivity index (χ4v) is 1.08. The van der Waals surface area contributed by atoms with Gasteiger partial charge in [-0.15, -0.1) is 0 Å². The molecule has 0 unspecified atom stereocenters. The maximum absolute atomic E-state index is 8.65. The van der Waals surface area contributed by atoms with E-state index in [1.807, 2.05) is 18.2 Å². The van der Waals surface area contributed by atoms with Crippen molar-refractivity contribution in [2.24, 2.45) is 5.73 Å². The van der Waals surface area contributed by atoms with Crippen molar-refractivity contribution in [3.8, 4) is 6.07 Å². The summed E-state index contributed by atoms with van der Waals surface area (Å²) in [5.74, 6) is 0. The highest BCUT2D eigenvalue weighted by Crippen LogP contribution is 2.16. The molecule has 0 heterocycles. The third-order valence-electron chi connectivity index (χ3n) is 1.73. The van der Waals surface area contributed by atoms with Gasteiger partial charge in [-0.05, 0) is 24.6 Å². The molecule has 0 radical (unpaired) electrons. The molecule has 0 spiro atoms. The second kappa shape index (κ2) is 3.74. The van der Waals surface area contributed by atoms with E-state index < -0.39 is 0 Å². The van der Waals surface area contributed by atoms with Gasteiger partial charge in [-0.2, -0.15) is 5.26 Å². The second-order valence-electron chi connectivity index (χ2n) is 2.53. The van der Waals surface area contributed by atoms with Gasteiger partial charge in [-0.1, -0.05) is 12.1 Å². The van der Waals surface area contributed by atoms with Gasteiger partial charge < -0.3 is 11.5 Å². The van der Waals surface area contributed by atoms with Crippen molar-refractivity contribution >= 4 is 5.69 Å². The van der Waals surface area contributed by atoms with Gasteiger partial charge in [0.15, 0.2) is 0 Å². The summed E-state index contributed by atoms with van der Waals surface area (Å²) in [6, 6.07) is 7.44. The number of anilines is 1. The molecule has 0 aliphatic carbocycles. The molecule has 3 heteroatoms. The van der Waals surface area contributed by atoms with Gasteiger partial charge >= 0.3 is 0 Å². The highest BCUT2D eigenvalue weighted by Gasteiger charge is 2.02. The van der Waals surface area contributed by atoms with Crippen LogP contribution in [0.1, 0.15) is 11.1 Å². The van der Waals surface area contributed by atoms with Crippen molar-refractivity contribution in [3.05, 3.63) is 29.3 Å². The Hall–Kier alpha value is -1.53. The van der Waals surface area contributed by atoms with Crippen LogP contribution in [0.2, 0.25) is 0 Å². The lowest BCUT2D eigenvalue weighted by atomic mass is 10.1. The van der Waals surface area contributed by atoms with Crippen LogP contribution in [0.4, 0.5) is 5.69 Å². The first-order chi connectivity index (χ1) is 5.79. The van der Waals surface area contributed by atoms with E-state index in [2.05, 4.69) is 0 Å². The Morgan fingerprint density at radius 2 is 2.17 bits per heavy atom. The summed E-state index contributed by atoms with van der Waals surface area (Å²) in [5, 5.41) is 8.65. The Bertz CT molecular complexity index is 312. The first-order valence-electron chi connectivity index (χ1n) is 3.77. The molecule has 0 aromatic heterocycles. The topological polar surface area (TPSA) is 75.8 Å². The zero-order valence-corrected chi connectivity index (χ0v) is 6.75. The lowest BCUT2D eigenvalue weighted by Crippen LogP contribution is -2.06. The molecule has 0 aliphatic heterocycles. The molecule has 0 saturated heterocycles. The molecule has 12 heavy (non-hydrogen) atoms. The van der Waals surface area contributed by atoms with E-state index in [0.717, 1.165) is 12.0 Å². The Balaban J connectivity index is 3.07. The van der Waals surface area contributed by atoms with E-state index in [0.29, 0.717) is 17.8 Å². The average molecular weight is 161 g/mol. The molecule has 0 saturated carbocycles. The summed E-state index contributed by atoms with van der Waals surface area (Å²) in [5.41, 5.74) is 13.1. The van der Waals surface area contributed by atoms with Crippen LogP contribution < -0.4 is 11.5 Å². The Kier molecular flexibility index (Phi) is 2.67. The maximum Gasteiger partial charge on any atom is 0.101 e. The van der Waals surface area contributed by atoms with E-state index >= 15 is 0 Å². The first kappa shape index (κ1) is 8.57. The molecule has 0 fully saturated rings. The molecule has 4 N–H and O–H groups in total. The lowest BCUT2D eigenvalue weighted by molar-refractivity contribution is 0.971. The number of hydrogen-bond donors (Lipinski definition) is 2. The van der Waals surface area contributed by atoms with E-state index in [4.69, 9.17) is 16.7 Å². The number of rotatable bonds is 2. The summed E-state index contributed by atoms with van der Waals surface area (Å²) in [6.45, 7) is 0.555. The molecule has 0 atom stereocenters. The fraction of sp³-hybridized carbons (Fsp3) is 0.222. The fourth-order valence-electron chi connectivity index (χ4n) is 1.08. The molecule has 1 aromatic carbocycles. The highest BCUT2D eigenvalue weighted by molar-refractivity contribution is 5.59. The normalized spacial score (nSPS) is 9.33. The summed E-state index contributed by atoms with van der Waals surface area (Å²) in [7, 11) is 0. The van der Waals surface area contributed by atoms with Gasteiger partial charge in [0, 0.05) is 0 Å². The summed E-state index contributed by atoms with van der Waals surface area (Å²) in [6.07, 6.45) is 0.724. The predicted molar refractivity (Wildman–Crippen MR) is 48.3 cm³/mol. The van der Waals surface area contributed by atoms with Crippen molar-refractivity contribution in [1.29, 1.82) is 5.26 Å². The lowest BCUT2D eigenvalue weighted by Gasteiger charge is -2.04. The Morgan fingerprint density at radius 1 is 1.42 bits per heavy atom. The van der Waals surface area contributed by atoms with Gasteiger partial charge in [-0.3, -0.25) is 0 Å². The van der Waals surface area contributed by atoms with Crippen molar-refractivity contribution in [3.63, 3.8) is 0 Å². The van der Waals surface area contributed by atoms with E-state index in [1.54, 1.807) is 6.07 Å². The van der Waals surface area contributed by atoms with Gasteiger partial charge in [0.1, 0.15) is 6.07 Å². The molecule has 0 amide bonds. The van der Waals surface area contributed by atoms with Crippen LogP contribution in [-0.4, -0.2) is 6.54 Å². The zero-order valence-electron chi connectivity index (χ0n) is 6.75. The molecule has 3 nitrogen and oxygen atoms in total. The van der Waals surface area contributed by atoms with Crippen LogP contribution in [0.3, 0.4) is 0 Å². The minimum atomic E-state index is 0.529. The van der Waals surface area contributed by atoms with Crippen molar-refractivity contribution < 1.29 is 0 Å². The van der Waals surface area contributed by atoms with Gasteiger partial charge in [-0.25, -0.2) is 0 Å². The predicted octanol–water partition coefficient (Wildman–Crippen LogP) is 0.642. The standard InChI is InChI=1S/C9H11N3/c10-5-4-7-2-1-3-8(6-11)9(7)12/h1-3H,4-5,10,12H2.